The molecular weight excluding hydrogens is 178 g/mol. The van der Waals surface area contributed by atoms with Crippen LogP contribution in [-0.2, 0) is 9.47 Å². The van der Waals surface area contributed by atoms with Crippen molar-refractivity contribution in [1.29, 1.82) is 0 Å². The smallest absolute Gasteiger partial charge is 0.0857 e. The van der Waals surface area contributed by atoms with Crippen LogP contribution in [0.4, 0.5) is 0 Å². The van der Waals surface area contributed by atoms with Crippen molar-refractivity contribution in [2.45, 2.75) is 50.9 Å². The molecule has 2 aliphatic rings. The highest BCUT2D eigenvalue weighted by Gasteiger charge is 2.40. The van der Waals surface area contributed by atoms with Gasteiger partial charge in [0.1, 0.15) is 0 Å². The van der Waals surface area contributed by atoms with Gasteiger partial charge in [0.25, 0.3) is 0 Å². The van der Waals surface area contributed by atoms with Crippen LogP contribution in [0, 0.1) is 0 Å². The van der Waals surface area contributed by atoms with Gasteiger partial charge in [-0.15, -0.1) is 0 Å². The second-order valence-corrected chi connectivity index (χ2v) is 4.60. The van der Waals surface area contributed by atoms with Crippen LogP contribution in [0.15, 0.2) is 0 Å². The first-order chi connectivity index (χ1) is 6.74. The van der Waals surface area contributed by atoms with Gasteiger partial charge in [-0.05, 0) is 13.3 Å². The zero-order valence-electron chi connectivity index (χ0n) is 9.21. The van der Waals surface area contributed by atoms with Crippen molar-refractivity contribution < 1.29 is 9.47 Å². The molecule has 1 spiro atoms. The lowest BCUT2D eigenvalue weighted by Crippen LogP contribution is -2.56. The lowest BCUT2D eigenvalue weighted by Gasteiger charge is -2.45. The van der Waals surface area contributed by atoms with E-state index in [2.05, 4.69) is 19.2 Å². The van der Waals surface area contributed by atoms with E-state index in [1.807, 2.05) is 0 Å². The van der Waals surface area contributed by atoms with Gasteiger partial charge in [-0.2, -0.15) is 0 Å². The summed E-state index contributed by atoms with van der Waals surface area (Å²) in [6.07, 6.45) is 3.94. The number of rotatable bonds is 1. The van der Waals surface area contributed by atoms with Crippen molar-refractivity contribution in [3.63, 3.8) is 0 Å². The third-order valence-corrected chi connectivity index (χ3v) is 3.30. The minimum atomic E-state index is 0.0661. The highest BCUT2D eigenvalue weighted by atomic mass is 16.5. The molecule has 0 saturated carbocycles. The average Bonchev–Trinajstić information content (AvgIpc) is 2.17. The highest BCUT2D eigenvalue weighted by Crippen LogP contribution is 2.32. The fraction of sp³-hybridized carbons (Fsp3) is 1.00. The first-order valence-corrected chi connectivity index (χ1v) is 5.74. The summed E-state index contributed by atoms with van der Waals surface area (Å²) < 4.78 is 11.8. The highest BCUT2D eigenvalue weighted by molar-refractivity contribution is 4.92. The van der Waals surface area contributed by atoms with Crippen LogP contribution in [0.2, 0.25) is 0 Å². The van der Waals surface area contributed by atoms with E-state index in [-0.39, 0.29) is 5.60 Å². The molecule has 0 aliphatic carbocycles. The van der Waals surface area contributed by atoms with Gasteiger partial charge < -0.3 is 14.8 Å². The second kappa shape index (κ2) is 4.17. The topological polar surface area (TPSA) is 30.5 Å². The molecule has 3 atom stereocenters. The molecule has 2 aliphatic heterocycles. The first kappa shape index (κ1) is 10.4. The summed E-state index contributed by atoms with van der Waals surface area (Å²) in [6, 6.07) is 0. The summed E-state index contributed by atoms with van der Waals surface area (Å²) in [6.45, 7) is 7.16. The fourth-order valence-corrected chi connectivity index (χ4v) is 2.53. The molecule has 2 fully saturated rings. The number of nitrogens with one attached hydrogen (secondary N) is 1. The molecule has 0 bridgehead atoms. The number of ether oxygens (including phenoxy) is 2. The van der Waals surface area contributed by atoms with Crippen LogP contribution < -0.4 is 5.32 Å². The molecule has 3 heteroatoms. The van der Waals surface area contributed by atoms with E-state index in [9.17, 15) is 0 Å². The van der Waals surface area contributed by atoms with Crippen LogP contribution in [0.5, 0.6) is 0 Å². The minimum absolute atomic E-state index is 0.0661. The van der Waals surface area contributed by atoms with E-state index in [1.54, 1.807) is 0 Å². The zero-order chi connectivity index (χ0) is 10.0. The van der Waals surface area contributed by atoms with Crippen LogP contribution >= 0.6 is 0 Å². The van der Waals surface area contributed by atoms with Gasteiger partial charge >= 0.3 is 0 Å². The Morgan fingerprint density at radius 1 is 1.50 bits per heavy atom. The van der Waals surface area contributed by atoms with Gasteiger partial charge in [-0.3, -0.25) is 0 Å². The molecular formula is C11H21NO2. The van der Waals surface area contributed by atoms with E-state index in [1.165, 1.54) is 0 Å². The maximum absolute atomic E-state index is 6.10. The van der Waals surface area contributed by atoms with E-state index < -0.39 is 0 Å². The van der Waals surface area contributed by atoms with Gasteiger partial charge in [-0.1, -0.05) is 6.92 Å². The summed E-state index contributed by atoms with van der Waals surface area (Å²) in [5.74, 6) is 0. The predicted octanol–water partition coefficient (Wildman–Crippen LogP) is 1.32. The van der Waals surface area contributed by atoms with Crippen molar-refractivity contribution in [3.05, 3.63) is 0 Å². The first-order valence-electron chi connectivity index (χ1n) is 5.74. The third-order valence-electron chi connectivity index (χ3n) is 3.30. The Bertz CT molecular complexity index is 194. The Kier molecular flexibility index (Phi) is 3.10. The molecule has 0 aromatic heterocycles. The number of hydrogen-bond donors (Lipinski definition) is 1. The molecule has 2 rings (SSSR count). The van der Waals surface area contributed by atoms with Gasteiger partial charge in [0.05, 0.1) is 17.8 Å². The maximum atomic E-state index is 6.10. The molecule has 0 aromatic carbocycles. The zero-order valence-corrected chi connectivity index (χ0v) is 9.21. The van der Waals surface area contributed by atoms with Gasteiger partial charge in [0.2, 0.25) is 0 Å². The average molecular weight is 199 g/mol. The van der Waals surface area contributed by atoms with E-state index >= 15 is 0 Å². The van der Waals surface area contributed by atoms with Crippen LogP contribution in [-0.4, -0.2) is 37.5 Å². The van der Waals surface area contributed by atoms with Crippen molar-refractivity contribution in [2.24, 2.45) is 0 Å². The normalized spacial score (nSPS) is 44.1. The van der Waals surface area contributed by atoms with Crippen molar-refractivity contribution in [3.8, 4) is 0 Å². The van der Waals surface area contributed by atoms with Crippen LogP contribution in [0.1, 0.15) is 33.1 Å². The van der Waals surface area contributed by atoms with E-state index in [0.717, 1.165) is 39.0 Å². The number of morpholine rings is 1. The van der Waals surface area contributed by atoms with Gasteiger partial charge in [0.15, 0.2) is 0 Å². The molecule has 3 nitrogen and oxygen atoms in total. The molecule has 0 amide bonds. The second-order valence-electron chi connectivity index (χ2n) is 4.60. The lowest BCUT2D eigenvalue weighted by atomic mass is 9.87. The largest absolute Gasteiger partial charge is 0.378 e. The Hall–Kier alpha value is -0.120. The monoisotopic (exact) mass is 199 g/mol. The summed E-state index contributed by atoms with van der Waals surface area (Å²) in [7, 11) is 0. The molecule has 2 saturated heterocycles. The van der Waals surface area contributed by atoms with Crippen LogP contribution in [0.25, 0.3) is 0 Å². The summed E-state index contributed by atoms with van der Waals surface area (Å²) >= 11 is 0. The van der Waals surface area contributed by atoms with E-state index in [0.29, 0.717) is 12.2 Å². The lowest BCUT2D eigenvalue weighted by molar-refractivity contribution is -0.173. The standard InChI is InChI=1S/C11H21NO2/c1-3-10-6-11(4-5-13-10)8-12-7-9(2)14-11/h9-10,12H,3-8H2,1-2H3. The molecule has 14 heavy (non-hydrogen) atoms. The number of hydrogen-bond acceptors (Lipinski definition) is 3. The maximum Gasteiger partial charge on any atom is 0.0857 e. The minimum Gasteiger partial charge on any atom is -0.378 e. The molecule has 1 N–H and O–H groups in total. The molecule has 82 valence electrons. The Labute approximate surface area is 86.2 Å². The summed E-state index contributed by atoms with van der Waals surface area (Å²) in [5.41, 5.74) is 0.0661. The fourth-order valence-electron chi connectivity index (χ4n) is 2.53. The van der Waals surface area contributed by atoms with Crippen molar-refractivity contribution >= 4 is 0 Å². The molecule has 3 unspecified atom stereocenters. The Balaban J connectivity index is 1.99. The van der Waals surface area contributed by atoms with Gasteiger partial charge in [0, 0.05) is 32.5 Å². The summed E-state index contributed by atoms with van der Waals surface area (Å²) in [5, 5.41) is 3.46. The predicted molar refractivity (Wildman–Crippen MR) is 55.4 cm³/mol. The van der Waals surface area contributed by atoms with Crippen molar-refractivity contribution in [2.75, 3.05) is 19.7 Å². The van der Waals surface area contributed by atoms with Gasteiger partial charge in [-0.25, -0.2) is 0 Å². The third kappa shape index (κ3) is 2.10. The Morgan fingerprint density at radius 2 is 2.36 bits per heavy atom. The van der Waals surface area contributed by atoms with Crippen molar-refractivity contribution in [1.82, 2.24) is 5.32 Å². The molecule has 0 radical (unpaired) electrons. The summed E-state index contributed by atoms with van der Waals surface area (Å²) in [4.78, 5) is 0. The SMILES string of the molecule is CCC1CC2(CCO1)CNCC(C)O2. The quantitative estimate of drug-likeness (QED) is 0.691. The van der Waals surface area contributed by atoms with E-state index in [4.69, 9.17) is 9.47 Å². The van der Waals surface area contributed by atoms with Crippen LogP contribution in [0.3, 0.4) is 0 Å². The Morgan fingerprint density at radius 3 is 3.07 bits per heavy atom. The molecule has 2 heterocycles. The molecule has 0 aromatic rings.